The van der Waals surface area contributed by atoms with Crippen LogP contribution in [0.2, 0.25) is 0 Å². The van der Waals surface area contributed by atoms with E-state index < -0.39 is 6.04 Å². The highest BCUT2D eigenvalue weighted by atomic mass is 19.1. The van der Waals surface area contributed by atoms with E-state index in [1.54, 1.807) is 35.2 Å². The van der Waals surface area contributed by atoms with Gasteiger partial charge in [0.2, 0.25) is 5.91 Å². The van der Waals surface area contributed by atoms with E-state index >= 15 is 0 Å². The molecule has 2 amide bonds. The molecule has 5 nitrogen and oxygen atoms in total. The van der Waals surface area contributed by atoms with E-state index in [4.69, 9.17) is 0 Å². The van der Waals surface area contributed by atoms with Crippen LogP contribution in [0.1, 0.15) is 33.9 Å². The summed E-state index contributed by atoms with van der Waals surface area (Å²) in [5.41, 5.74) is 3.24. The lowest BCUT2D eigenvalue weighted by atomic mass is 10.0. The molecule has 3 aromatic carbocycles. The summed E-state index contributed by atoms with van der Waals surface area (Å²) in [4.78, 5) is 32.1. The van der Waals surface area contributed by atoms with Crippen molar-refractivity contribution >= 4 is 17.5 Å². The van der Waals surface area contributed by atoms with Gasteiger partial charge in [-0.15, -0.1) is 0 Å². The van der Waals surface area contributed by atoms with Crippen LogP contribution in [0.25, 0.3) is 0 Å². The number of hydrogen-bond acceptors (Lipinski definition) is 3. The van der Waals surface area contributed by atoms with Gasteiger partial charge in [0, 0.05) is 44.0 Å². The first-order chi connectivity index (χ1) is 16.5. The maximum absolute atomic E-state index is 13.6. The van der Waals surface area contributed by atoms with Crippen LogP contribution in [-0.4, -0.2) is 47.8 Å². The number of hydrogen-bond donors (Lipinski definition) is 0. The summed E-state index contributed by atoms with van der Waals surface area (Å²) in [6, 6.07) is 19.4. The van der Waals surface area contributed by atoms with Gasteiger partial charge in [0.25, 0.3) is 5.91 Å². The number of carbonyl (C=O) groups excluding carboxylic acids is 2. The molecule has 0 saturated carbocycles. The van der Waals surface area contributed by atoms with Gasteiger partial charge >= 0.3 is 0 Å². The Bertz CT molecular complexity index is 1190. The fourth-order valence-corrected chi connectivity index (χ4v) is 4.78. The number of rotatable bonds is 5. The third-order valence-electron chi connectivity index (χ3n) is 6.67. The van der Waals surface area contributed by atoms with Gasteiger partial charge in [-0.1, -0.05) is 30.3 Å². The fourth-order valence-electron chi connectivity index (χ4n) is 4.78. The second-order valence-corrected chi connectivity index (χ2v) is 8.71. The minimum absolute atomic E-state index is 0.0446. The highest BCUT2D eigenvalue weighted by Crippen LogP contribution is 2.34. The zero-order valence-electron chi connectivity index (χ0n) is 18.7. The molecule has 0 bridgehead atoms. The molecule has 0 N–H and O–H groups in total. The minimum Gasteiger partial charge on any atom is -0.368 e. The van der Waals surface area contributed by atoms with Crippen molar-refractivity contribution in [1.29, 1.82) is 0 Å². The quantitative estimate of drug-likeness (QED) is 0.566. The number of nitrogens with zero attached hydrogens (tertiary/aromatic N) is 3. The van der Waals surface area contributed by atoms with Crippen LogP contribution in [0.5, 0.6) is 0 Å². The zero-order chi connectivity index (χ0) is 23.7. The summed E-state index contributed by atoms with van der Waals surface area (Å²) in [6.07, 6.45) is 0.127. The van der Waals surface area contributed by atoms with Gasteiger partial charge < -0.3 is 14.7 Å². The average Bonchev–Trinajstić information content (AvgIpc) is 3.20. The molecule has 7 heteroatoms. The van der Waals surface area contributed by atoms with Crippen LogP contribution in [0, 0.1) is 11.6 Å². The second kappa shape index (κ2) is 9.25. The molecule has 2 heterocycles. The highest BCUT2D eigenvalue weighted by molar-refractivity contribution is 5.98. The molecule has 1 saturated heterocycles. The molecule has 0 aromatic heterocycles. The Morgan fingerprint density at radius 1 is 0.824 bits per heavy atom. The maximum Gasteiger partial charge on any atom is 0.255 e. The van der Waals surface area contributed by atoms with Gasteiger partial charge in [-0.25, -0.2) is 8.78 Å². The van der Waals surface area contributed by atoms with Crippen LogP contribution in [-0.2, 0) is 11.3 Å². The van der Waals surface area contributed by atoms with E-state index in [9.17, 15) is 18.4 Å². The van der Waals surface area contributed by atoms with Crippen LogP contribution >= 0.6 is 0 Å². The Labute approximate surface area is 197 Å². The molecule has 0 unspecified atom stereocenters. The number of carbonyl (C=O) groups is 2. The molecule has 3 aromatic rings. The number of benzene rings is 3. The van der Waals surface area contributed by atoms with E-state index in [-0.39, 0.29) is 29.9 Å². The monoisotopic (exact) mass is 461 g/mol. The third kappa shape index (κ3) is 4.38. The molecule has 0 aliphatic carbocycles. The normalized spacial score (nSPS) is 16.5. The first kappa shape index (κ1) is 22.1. The van der Waals surface area contributed by atoms with Gasteiger partial charge in [-0.05, 0) is 53.6 Å². The van der Waals surface area contributed by atoms with E-state index in [2.05, 4.69) is 4.90 Å². The standard InChI is InChI=1S/C27H25F2N3O2/c28-21-7-5-19(6-8-21)25(32-18-20-3-1-2-4-24(20)27(32)34)17-26(33)31-15-13-30(14-16-31)23-11-9-22(29)10-12-23/h1-12,25H,13-18H2/t25-/m1/s1. The Balaban J connectivity index is 1.31. The predicted molar refractivity (Wildman–Crippen MR) is 125 cm³/mol. The zero-order valence-corrected chi connectivity index (χ0v) is 18.7. The van der Waals surface area contributed by atoms with Crippen molar-refractivity contribution in [3.05, 3.63) is 101 Å². The minimum atomic E-state index is -0.483. The summed E-state index contributed by atoms with van der Waals surface area (Å²) in [7, 11) is 0. The van der Waals surface area contributed by atoms with Crippen molar-refractivity contribution in [2.75, 3.05) is 31.1 Å². The second-order valence-electron chi connectivity index (χ2n) is 8.71. The molecule has 0 radical (unpaired) electrons. The Morgan fingerprint density at radius 3 is 2.09 bits per heavy atom. The van der Waals surface area contributed by atoms with Crippen LogP contribution in [0.3, 0.4) is 0 Å². The van der Waals surface area contributed by atoms with Crippen LogP contribution in [0.4, 0.5) is 14.5 Å². The summed E-state index contributed by atoms with van der Waals surface area (Å²) in [5.74, 6) is -0.791. The summed E-state index contributed by atoms with van der Waals surface area (Å²) >= 11 is 0. The summed E-state index contributed by atoms with van der Waals surface area (Å²) in [6.45, 7) is 2.79. The highest BCUT2D eigenvalue weighted by Gasteiger charge is 2.35. The lowest BCUT2D eigenvalue weighted by molar-refractivity contribution is -0.132. The Kier molecular flexibility index (Phi) is 6.01. The number of fused-ring (bicyclic) bond motifs is 1. The van der Waals surface area contributed by atoms with Crippen molar-refractivity contribution in [1.82, 2.24) is 9.80 Å². The number of anilines is 1. The van der Waals surface area contributed by atoms with Gasteiger partial charge in [-0.3, -0.25) is 9.59 Å². The molecule has 2 aliphatic rings. The smallest absolute Gasteiger partial charge is 0.255 e. The van der Waals surface area contributed by atoms with Crippen molar-refractivity contribution in [2.45, 2.75) is 19.0 Å². The largest absolute Gasteiger partial charge is 0.368 e. The molecule has 0 spiro atoms. The topological polar surface area (TPSA) is 43.9 Å². The van der Waals surface area contributed by atoms with Crippen molar-refractivity contribution in [2.24, 2.45) is 0 Å². The van der Waals surface area contributed by atoms with E-state index in [1.165, 1.54) is 24.3 Å². The molecule has 2 aliphatic heterocycles. The SMILES string of the molecule is O=C(C[C@H](c1ccc(F)cc1)N1Cc2ccccc2C1=O)N1CCN(c2ccc(F)cc2)CC1. The number of piperazine rings is 1. The number of amides is 2. The Hall–Kier alpha value is -3.74. The molecule has 1 fully saturated rings. The number of halogens is 2. The van der Waals surface area contributed by atoms with Gasteiger partial charge in [-0.2, -0.15) is 0 Å². The van der Waals surface area contributed by atoms with Crippen LogP contribution < -0.4 is 4.90 Å². The Morgan fingerprint density at radius 2 is 1.44 bits per heavy atom. The fraction of sp³-hybridized carbons (Fsp3) is 0.259. The van der Waals surface area contributed by atoms with Gasteiger partial charge in [0.1, 0.15) is 11.6 Å². The molecular weight excluding hydrogens is 436 g/mol. The van der Waals surface area contributed by atoms with Crippen molar-refractivity contribution < 1.29 is 18.4 Å². The maximum atomic E-state index is 13.6. The van der Waals surface area contributed by atoms with E-state index in [1.807, 2.05) is 23.1 Å². The van der Waals surface area contributed by atoms with Gasteiger partial charge in [0.15, 0.2) is 0 Å². The lowest BCUT2D eigenvalue weighted by Gasteiger charge is -2.37. The first-order valence-electron chi connectivity index (χ1n) is 11.4. The first-order valence-corrected chi connectivity index (χ1v) is 11.4. The van der Waals surface area contributed by atoms with Gasteiger partial charge in [0.05, 0.1) is 12.5 Å². The molecular formula is C27H25F2N3O2. The predicted octanol–water partition coefficient (Wildman–Crippen LogP) is 4.40. The molecule has 5 rings (SSSR count). The average molecular weight is 462 g/mol. The van der Waals surface area contributed by atoms with E-state index in [0.29, 0.717) is 38.3 Å². The molecule has 1 atom stereocenters. The summed E-state index contributed by atoms with van der Waals surface area (Å²) < 4.78 is 26.8. The van der Waals surface area contributed by atoms with Crippen LogP contribution in [0.15, 0.2) is 72.8 Å². The van der Waals surface area contributed by atoms with Crippen molar-refractivity contribution in [3.8, 4) is 0 Å². The lowest BCUT2D eigenvalue weighted by Crippen LogP contribution is -2.49. The summed E-state index contributed by atoms with van der Waals surface area (Å²) in [5, 5.41) is 0. The molecule has 174 valence electrons. The van der Waals surface area contributed by atoms with E-state index in [0.717, 1.165) is 16.8 Å². The molecule has 34 heavy (non-hydrogen) atoms. The third-order valence-corrected chi connectivity index (χ3v) is 6.67. The van der Waals surface area contributed by atoms with Crippen molar-refractivity contribution in [3.63, 3.8) is 0 Å².